The Kier molecular flexibility index (Phi) is 5.59. The van der Waals surface area contributed by atoms with E-state index in [-0.39, 0.29) is 36.2 Å². The molecule has 162 valence electrons. The van der Waals surface area contributed by atoms with Crippen LogP contribution in [0.15, 0.2) is 30.5 Å². The second kappa shape index (κ2) is 8.03. The second-order valence-corrected chi connectivity index (χ2v) is 8.24. The molecule has 0 unspecified atom stereocenters. The second-order valence-electron chi connectivity index (χ2n) is 8.24. The number of β-amino-alcohol motifs (C(OH)–C–C–N with tert-alkyl or cyclic N) is 1. The van der Waals surface area contributed by atoms with Crippen LogP contribution in [0, 0.1) is 5.92 Å². The molecule has 2 atom stereocenters. The van der Waals surface area contributed by atoms with Crippen LogP contribution in [0.5, 0.6) is 0 Å². The predicted octanol–water partition coefficient (Wildman–Crippen LogP) is 2.69. The van der Waals surface area contributed by atoms with E-state index < -0.39 is 11.7 Å². The van der Waals surface area contributed by atoms with Crippen LogP contribution in [0.4, 0.5) is 18.9 Å². The maximum atomic E-state index is 13.4. The Morgan fingerprint density at radius 3 is 2.70 bits per heavy atom. The van der Waals surface area contributed by atoms with Crippen LogP contribution in [0.2, 0.25) is 0 Å². The highest BCUT2D eigenvalue weighted by Gasteiger charge is 2.35. The van der Waals surface area contributed by atoms with Crippen LogP contribution in [-0.4, -0.2) is 65.9 Å². The number of fused-ring (bicyclic) bond motifs is 1. The smallest absolute Gasteiger partial charge is 0.418 e. The Morgan fingerprint density at radius 2 is 2.00 bits per heavy atom. The van der Waals surface area contributed by atoms with Gasteiger partial charge in [-0.25, -0.2) is 0 Å². The summed E-state index contributed by atoms with van der Waals surface area (Å²) >= 11 is 0. The lowest BCUT2D eigenvalue weighted by Crippen LogP contribution is -2.53. The molecule has 30 heavy (non-hydrogen) atoms. The number of aromatic nitrogens is 1. The lowest BCUT2D eigenvalue weighted by Gasteiger charge is -2.39. The SMILES string of the molecule is C[C@H]1C[C@@H](OC(=O)CN2CC(O)C2)CN(c2ccc(C(F)(F)F)c3ncccc23)C1. The lowest BCUT2D eigenvalue weighted by molar-refractivity contribution is -0.154. The number of hydrogen-bond acceptors (Lipinski definition) is 6. The van der Waals surface area contributed by atoms with Gasteiger partial charge in [-0.1, -0.05) is 6.92 Å². The van der Waals surface area contributed by atoms with E-state index >= 15 is 0 Å². The number of anilines is 1. The number of halogens is 3. The first-order valence-corrected chi connectivity index (χ1v) is 10.0. The number of piperidine rings is 1. The highest BCUT2D eigenvalue weighted by molar-refractivity contribution is 5.94. The van der Waals surface area contributed by atoms with E-state index in [1.807, 2.05) is 16.7 Å². The molecule has 0 spiro atoms. The molecule has 2 aliphatic rings. The molecule has 0 saturated carbocycles. The van der Waals surface area contributed by atoms with Crippen molar-refractivity contribution in [2.45, 2.75) is 31.7 Å². The van der Waals surface area contributed by atoms with Gasteiger partial charge < -0.3 is 14.7 Å². The normalized spacial score (nSPS) is 23.4. The quantitative estimate of drug-likeness (QED) is 0.763. The third kappa shape index (κ3) is 4.37. The van der Waals surface area contributed by atoms with Gasteiger partial charge in [0, 0.05) is 36.9 Å². The number of carbonyl (C=O) groups excluding carboxylic acids is 1. The minimum Gasteiger partial charge on any atom is -0.460 e. The molecule has 1 aromatic carbocycles. The molecule has 0 radical (unpaired) electrons. The molecule has 2 aliphatic heterocycles. The van der Waals surface area contributed by atoms with Gasteiger partial charge in [0.1, 0.15) is 6.10 Å². The molecule has 1 N–H and O–H groups in total. The van der Waals surface area contributed by atoms with Gasteiger partial charge in [-0.3, -0.25) is 14.7 Å². The first-order chi connectivity index (χ1) is 14.2. The lowest BCUT2D eigenvalue weighted by atomic mass is 9.96. The highest BCUT2D eigenvalue weighted by Crippen LogP contribution is 2.38. The summed E-state index contributed by atoms with van der Waals surface area (Å²) < 4.78 is 45.8. The molecule has 9 heteroatoms. The number of alkyl halides is 3. The molecule has 0 aliphatic carbocycles. The van der Waals surface area contributed by atoms with Gasteiger partial charge in [0.05, 0.1) is 30.3 Å². The summed E-state index contributed by atoms with van der Waals surface area (Å²) in [4.78, 5) is 20.0. The molecule has 0 amide bonds. The average Bonchev–Trinajstić information content (AvgIpc) is 2.64. The third-order valence-corrected chi connectivity index (χ3v) is 5.60. The molecule has 4 rings (SSSR count). The Morgan fingerprint density at radius 1 is 1.23 bits per heavy atom. The van der Waals surface area contributed by atoms with Gasteiger partial charge in [0.25, 0.3) is 0 Å². The monoisotopic (exact) mass is 423 g/mol. The van der Waals surface area contributed by atoms with Crippen LogP contribution < -0.4 is 4.90 Å². The number of aliphatic hydroxyl groups is 1. The van der Waals surface area contributed by atoms with Crippen LogP contribution in [-0.2, 0) is 15.7 Å². The highest BCUT2D eigenvalue weighted by atomic mass is 19.4. The summed E-state index contributed by atoms with van der Waals surface area (Å²) in [6.07, 6.45) is -3.16. The summed E-state index contributed by atoms with van der Waals surface area (Å²) in [5.41, 5.74) is -0.179. The fourth-order valence-corrected chi connectivity index (χ4v) is 4.32. The number of nitrogens with zero attached hydrogens (tertiary/aromatic N) is 3. The zero-order valence-corrected chi connectivity index (χ0v) is 16.6. The van der Waals surface area contributed by atoms with Gasteiger partial charge in [-0.05, 0) is 36.6 Å². The molecule has 2 fully saturated rings. The van der Waals surface area contributed by atoms with Crippen LogP contribution in [0.3, 0.4) is 0 Å². The standard InChI is InChI=1S/C21H24F3N3O3/c1-13-7-15(30-19(29)12-26-9-14(28)10-26)11-27(8-13)18-5-4-17(21(22,23)24)20-16(18)3-2-6-25-20/h2-6,13-15,28H,7-12H2,1H3/t13-,15+/m0/s1. The summed E-state index contributed by atoms with van der Waals surface area (Å²) in [7, 11) is 0. The summed E-state index contributed by atoms with van der Waals surface area (Å²) in [5, 5.41) is 9.76. The van der Waals surface area contributed by atoms with E-state index in [4.69, 9.17) is 4.74 Å². The van der Waals surface area contributed by atoms with Crippen molar-refractivity contribution in [3.05, 3.63) is 36.0 Å². The van der Waals surface area contributed by atoms with E-state index in [9.17, 15) is 23.1 Å². The zero-order chi connectivity index (χ0) is 21.5. The fraction of sp³-hybridized carbons (Fsp3) is 0.524. The first-order valence-electron chi connectivity index (χ1n) is 10.0. The van der Waals surface area contributed by atoms with Crippen LogP contribution >= 0.6 is 0 Å². The summed E-state index contributed by atoms with van der Waals surface area (Å²) in [5.74, 6) is -0.142. The molecule has 2 aromatic rings. The summed E-state index contributed by atoms with van der Waals surface area (Å²) in [6.45, 7) is 4.16. The average molecular weight is 423 g/mol. The number of hydrogen-bond donors (Lipinski definition) is 1. The molecule has 1 aromatic heterocycles. The van der Waals surface area contributed by atoms with Crippen molar-refractivity contribution in [1.82, 2.24) is 9.88 Å². The summed E-state index contributed by atoms with van der Waals surface area (Å²) in [6, 6.07) is 5.81. The van der Waals surface area contributed by atoms with E-state index in [0.717, 1.165) is 6.07 Å². The first kappa shape index (κ1) is 20.9. The van der Waals surface area contributed by atoms with E-state index in [2.05, 4.69) is 4.98 Å². The minimum absolute atomic E-state index is 0.0781. The minimum atomic E-state index is -4.48. The van der Waals surface area contributed by atoms with Crippen molar-refractivity contribution in [3.63, 3.8) is 0 Å². The van der Waals surface area contributed by atoms with Crippen molar-refractivity contribution in [3.8, 4) is 0 Å². The topological polar surface area (TPSA) is 65.9 Å². The number of aliphatic hydroxyl groups excluding tert-OH is 1. The largest absolute Gasteiger partial charge is 0.460 e. The number of carbonyl (C=O) groups is 1. The van der Waals surface area contributed by atoms with Crippen molar-refractivity contribution in [1.29, 1.82) is 0 Å². The van der Waals surface area contributed by atoms with Gasteiger partial charge >= 0.3 is 12.1 Å². The molecule has 2 saturated heterocycles. The molecule has 6 nitrogen and oxygen atoms in total. The Bertz CT molecular complexity index is 931. The number of pyridine rings is 1. The Hall–Kier alpha value is -2.39. The fourth-order valence-electron chi connectivity index (χ4n) is 4.32. The molecule has 3 heterocycles. The number of likely N-dealkylation sites (tertiary alicyclic amines) is 1. The number of benzene rings is 1. The number of rotatable bonds is 4. The van der Waals surface area contributed by atoms with Gasteiger partial charge in [-0.2, -0.15) is 13.2 Å². The van der Waals surface area contributed by atoms with E-state index in [1.165, 1.54) is 12.3 Å². The zero-order valence-electron chi connectivity index (χ0n) is 16.6. The van der Waals surface area contributed by atoms with Crippen molar-refractivity contribution in [2.24, 2.45) is 5.92 Å². The molecule has 0 bridgehead atoms. The predicted molar refractivity (Wildman–Crippen MR) is 105 cm³/mol. The van der Waals surface area contributed by atoms with E-state index in [1.54, 1.807) is 12.1 Å². The van der Waals surface area contributed by atoms with Crippen LogP contribution in [0.1, 0.15) is 18.9 Å². The van der Waals surface area contributed by atoms with Crippen LogP contribution in [0.25, 0.3) is 10.9 Å². The van der Waals surface area contributed by atoms with Crippen molar-refractivity contribution >= 4 is 22.6 Å². The van der Waals surface area contributed by atoms with Crippen molar-refractivity contribution < 1.29 is 27.8 Å². The number of ether oxygens (including phenoxy) is 1. The number of esters is 1. The maximum Gasteiger partial charge on any atom is 0.418 e. The third-order valence-electron chi connectivity index (χ3n) is 5.60. The Labute approximate surface area is 172 Å². The van der Waals surface area contributed by atoms with Gasteiger partial charge in [0.15, 0.2) is 0 Å². The van der Waals surface area contributed by atoms with Gasteiger partial charge in [0.2, 0.25) is 0 Å². The van der Waals surface area contributed by atoms with E-state index in [0.29, 0.717) is 43.7 Å². The maximum absolute atomic E-state index is 13.4. The molecular weight excluding hydrogens is 399 g/mol. The van der Waals surface area contributed by atoms with Crippen molar-refractivity contribution in [2.75, 3.05) is 37.6 Å². The van der Waals surface area contributed by atoms with Gasteiger partial charge in [-0.15, -0.1) is 0 Å². The Balaban J connectivity index is 1.53. The molecular formula is C21H24F3N3O3.